The third-order valence-corrected chi connectivity index (χ3v) is 4.93. The number of rotatable bonds is 3. The Morgan fingerprint density at radius 1 is 1.33 bits per heavy atom. The van der Waals surface area contributed by atoms with Gasteiger partial charge in [0.25, 0.3) is 0 Å². The largest absolute Gasteiger partial charge is 0.322 e. The molecule has 2 nitrogen and oxygen atoms in total. The van der Waals surface area contributed by atoms with Gasteiger partial charge in [-0.15, -0.1) is 11.3 Å². The Morgan fingerprint density at radius 3 is 2.83 bits per heavy atom. The fourth-order valence-corrected chi connectivity index (χ4v) is 3.23. The Bertz CT molecular complexity index is 578. The summed E-state index contributed by atoms with van der Waals surface area (Å²) in [5, 5.41) is 4.09. The van der Waals surface area contributed by atoms with E-state index in [9.17, 15) is 0 Å². The molecule has 1 atom stereocenters. The molecule has 1 fully saturated rings. The molecular formula is C13H12Cl2N2S. The third-order valence-electron chi connectivity index (χ3n) is 3.16. The van der Waals surface area contributed by atoms with Crippen LogP contribution in [0.25, 0.3) is 11.3 Å². The van der Waals surface area contributed by atoms with E-state index in [-0.39, 0.29) is 6.04 Å². The fourth-order valence-electron chi connectivity index (χ4n) is 1.92. The van der Waals surface area contributed by atoms with Crippen LogP contribution in [0.3, 0.4) is 0 Å². The number of hydrogen-bond donors (Lipinski definition) is 1. The van der Waals surface area contributed by atoms with E-state index in [4.69, 9.17) is 28.9 Å². The molecule has 1 saturated carbocycles. The molecule has 0 saturated heterocycles. The Balaban J connectivity index is 1.94. The lowest BCUT2D eigenvalue weighted by atomic mass is 10.1. The molecule has 3 rings (SSSR count). The van der Waals surface area contributed by atoms with Crippen LogP contribution >= 0.6 is 34.5 Å². The third kappa shape index (κ3) is 2.28. The second kappa shape index (κ2) is 4.82. The van der Waals surface area contributed by atoms with Crippen LogP contribution in [0.4, 0.5) is 0 Å². The van der Waals surface area contributed by atoms with Gasteiger partial charge in [-0.3, -0.25) is 0 Å². The molecule has 1 aromatic carbocycles. The van der Waals surface area contributed by atoms with E-state index in [1.54, 1.807) is 17.4 Å². The van der Waals surface area contributed by atoms with Crippen LogP contribution in [-0.2, 0) is 0 Å². The Morgan fingerprint density at radius 2 is 2.11 bits per heavy atom. The van der Waals surface area contributed by atoms with Crippen molar-refractivity contribution in [1.29, 1.82) is 0 Å². The highest BCUT2D eigenvalue weighted by Crippen LogP contribution is 2.41. The molecular weight excluding hydrogens is 287 g/mol. The number of benzene rings is 1. The van der Waals surface area contributed by atoms with Gasteiger partial charge in [0.1, 0.15) is 5.01 Å². The maximum absolute atomic E-state index is 6.19. The van der Waals surface area contributed by atoms with Crippen molar-refractivity contribution in [2.24, 2.45) is 11.7 Å². The molecule has 2 N–H and O–H groups in total. The van der Waals surface area contributed by atoms with Gasteiger partial charge < -0.3 is 5.73 Å². The van der Waals surface area contributed by atoms with E-state index in [1.165, 1.54) is 12.8 Å². The van der Waals surface area contributed by atoms with Crippen molar-refractivity contribution in [3.63, 3.8) is 0 Å². The normalized spacial score (nSPS) is 16.8. The molecule has 0 radical (unpaired) electrons. The number of aromatic nitrogens is 1. The number of halogens is 2. The van der Waals surface area contributed by atoms with Crippen LogP contribution in [0.1, 0.15) is 23.9 Å². The smallest absolute Gasteiger partial charge is 0.110 e. The maximum Gasteiger partial charge on any atom is 0.110 e. The number of hydrogen-bond acceptors (Lipinski definition) is 3. The lowest BCUT2D eigenvalue weighted by Crippen LogP contribution is -2.11. The Kier molecular flexibility index (Phi) is 3.32. The van der Waals surface area contributed by atoms with Gasteiger partial charge in [0, 0.05) is 10.9 Å². The van der Waals surface area contributed by atoms with Gasteiger partial charge in [-0.2, -0.15) is 0 Å². The molecule has 1 aromatic heterocycles. The van der Waals surface area contributed by atoms with Gasteiger partial charge in [-0.05, 0) is 24.8 Å². The van der Waals surface area contributed by atoms with Gasteiger partial charge in [0.2, 0.25) is 0 Å². The molecule has 18 heavy (non-hydrogen) atoms. The van der Waals surface area contributed by atoms with Crippen molar-refractivity contribution >= 4 is 34.5 Å². The van der Waals surface area contributed by atoms with Crippen molar-refractivity contribution in [1.82, 2.24) is 4.98 Å². The van der Waals surface area contributed by atoms with Crippen molar-refractivity contribution in [3.8, 4) is 11.3 Å². The van der Waals surface area contributed by atoms with E-state index in [2.05, 4.69) is 4.98 Å². The molecule has 0 aliphatic heterocycles. The maximum atomic E-state index is 6.19. The average molecular weight is 299 g/mol. The first-order valence-corrected chi connectivity index (χ1v) is 7.46. The van der Waals surface area contributed by atoms with E-state index in [0.29, 0.717) is 16.0 Å². The van der Waals surface area contributed by atoms with Gasteiger partial charge in [-0.25, -0.2) is 4.98 Å². The SMILES string of the molecule is NC(c1nc(-c2cccc(Cl)c2Cl)cs1)C1CC1. The lowest BCUT2D eigenvalue weighted by Gasteiger charge is -2.05. The molecule has 0 bridgehead atoms. The van der Waals surface area contributed by atoms with E-state index >= 15 is 0 Å². The Hall–Kier alpha value is -0.610. The first-order valence-electron chi connectivity index (χ1n) is 5.82. The predicted molar refractivity (Wildman–Crippen MR) is 77.2 cm³/mol. The summed E-state index contributed by atoms with van der Waals surface area (Å²) in [6.07, 6.45) is 2.43. The van der Waals surface area contributed by atoms with Crippen LogP contribution in [0.5, 0.6) is 0 Å². The van der Waals surface area contributed by atoms with Gasteiger partial charge in [0.05, 0.1) is 21.8 Å². The zero-order valence-corrected chi connectivity index (χ0v) is 11.9. The fraction of sp³-hybridized carbons (Fsp3) is 0.308. The Labute approximate surface area is 120 Å². The summed E-state index contributed by atoms with van der Waals surface area (Å²) in [4.78, 5) is 4.59. The summed E-state index contributed by atoms with van der Waals surface area (Å²) >= 11 is 13.8. The molecule has 1 aliphatic rings. The quantitative estimate of drug-likeness (QED) is 0.904. The van der Waals surface area contributed by atoms with Crippen LogP contribution in [0.15, 0.2) is 23.6 Å². The van der Waals surface area contributed by atoms with E-state index in [0.717, 1.165) is 16.3 Å². The van der Waals surface area contributed by atoms with Crippen LogP contribution in [0, 0.1) is 5.92 Å². The highest BCUT2D eigenvalue weighted by Gasteiger charge is 2.31. The summed E-state index contributed by atoms with van der Waals surface area (Å²) in [5.41, 5.74) is 7.88. The summed E-state index contributed by atoms with van der Waals surface area (Å²) < 4.78 is 0. The van der Waals surface area contributed by atoms with E-state index < -0.39 is 0 Å². The van der Waals surface area contributed by atoms with Gasteiger partial charge in [0.15, 0.2) is 0 Å². The second-order valence-corrected chi connectivity index (χ2v) is 6.21. The highest BCUT2D eigenvalue weighted by molar-refractivity contribution is 7.10. The molecule has 5 heteroatoms. The number of thiazole rings is 1. The van der Waals surface area contributed by atoms with Crippen molar-refractivity contribution in [2.45, 2.75) is 18.9 Å². The second-order valence-electron chi connectivity index (χ2n) is 4.54. The number of nitrogens with two attached hydrogens (primary N) is 1. The molecule has 0 amide bonds. The van der Waals surface area contributed by atoms with Crippen molar-refractivity contribution in [2.75, 3.05) is 0 Å². The van der Waals surface area contributed by atoms with Crippen molar-refractivity contribution < 1.29 is 0 Å². The first kappa shape index (κ1) is 12.4. The summed E-state index contributed by atoms with van der Waals surface area (Å²) in [6.45, 7) is 0. The van der Waals surface area contributed by atoms with Gasteiger partial charge >= 0.3 is 0 Å². The summed E-state index contributed by atoms with van der Waals surface area (Å²) in [6, 6.07) is 5.65. The molecule has 2 aromatic rings. The minimum Gasteiger partial charge on any atom is -0.322 e. The predicted octanol–water partition coefficient (Wildman–Crippen LogP) is 4.53. The molecule has 94 valence electrons. The zero-order chi connectivity index (χ0) is 12.7. The minimum absolute atomic E-state index is 0.0710. The lowest BCUT2D eigenvalue weighted by molar-refractivity contribution is 0.629. The summed E-state index contributed by atoms with van der Waals surface area (Å²) in [5.74, 6) is 0.610. The first-order chi connectivity index (χ1) is 8.66. The molecule has 1 unspecified atom stereocenters. The monoisotopic (exact) mass is 298 g/mol. The van der Waals surface area contributed by atoms with Crippen LogP contribution < -0.4 is 5.73 Å². The summed E-state index contributed by atoms with van der Waals surface area (Å²) in [7, 11) is 0. The molecule has 1 aliphatic carbocycles. The highest BCUT2D eigenvalue weighted by atomic mass is 35.5. The average Bonchev–Trinajstić information content (AvgIpc) is 3.10. The zero-order valence-electron chi connectivity index (χ0n) is 9.57. The van der Waals surface area contributed by atoms with Crippen LogP contribution in [-0.4, -0.2) is 4.98 Å². The topological polar surface area (TPSA) is 38.9 Å². The van der Waals surface area contributed by atoms with Crippen molar-refractivity contribution in [3.05, 3.63) is 38.6 Å². The molecule has 1 heterocycles. The van der Waals surface area contributed by atoms with Crippen LogP contribution in [0.2, 0.25) is 10.0 Å². The van der Waals surface area contributed by atoms with Gasteiger partial charge in [-0.1, -0.05) is 35.3 Å². The standard InChI is InChI=1S/C13H12Cl2N2S/c14-9-3-1-2-8(11(9)15)10-6-18-13(17-10)12(16)7-4-5-7/h1-3,6-7,12H,4-5,16H2. The molecule has 0 spiro atoms. The minimum atomic E-state index is 0.0710. The van der Waals surface area contributed by atoms with E-state index in [1.807, 2.05) is 17.5 Å². The number of nitrogens with zero attached hydrogens (tertiary/aromatic N) is 1.